The lowest BCUT2D eigenvalue weighted by molar-refractivity contribution is -0.121. The summed E-state index contributed by atoms with van der Waals surface area (Å²) in [7, 11) is 0. The first-order valence-electron chi connectivity index (χ1n) is 7.87. The fourth-order valence-corrected chi connectivity index (χ4v) is 2.48. The fraction of sp³-hybridized carbons (Fsp3) is 0.588. The van der Waals surface area contributed by atoms with E-state index in [0.29, 0.717) is 18.9 Å². The van der Waals surface area contributed by atoms with E-state index < -0.39 is 0 Å². The molecular formula is C17H25NO3. The van der Waals surface area contributed by atoms with E-state index in [2.05, 4.69) is 5.32 Å². The van der Waals surface area contributed by atoms with E-state index in [0.717, 1.165) is 51.2 Å². The summed E-state index contributed by atoms with van der Waals surface area (Å²) in [5.74, 6) is 1.69. The van der Waals surface area contributed by atoms with E-state index in [4.69, 9.17) is 9.47 Å². The van der Waals surface area contributed by atoms with Crippen LogP contribution in [0.5, 0.6) is 5.75 Å². The molecule has 0 bridgehead atoms. The summed E-state index contributed by atoms with van der Waals surface area (Å²) < 4.78 is 10.9. The molecule has 2 rings (SSSR count). The second kappa shape index (κ2) is 9.40. The lowest BCUT2D eigenvalue weighted by Gasteiger charge is -2.21. The maximum Gasteiger partial charge on any atom is 0.220 e. The quantitative estimate of drug-likeness (QED) is 0.749. The molecule has 1 fully saturated rings. The minimum Gasteiger partial charge on any atom is -0.494 e. The Balaban J connectivity index is 1.47. The first-order chi connectivity index (χ1) is 10.3. The van der Waals surface area contributed by atoms with Gasteiger partial charge >= 0.3 is 0 Å². The number of hydrogen-bond donors (Lipinski definition) is 1. The van der Waals surface area contributed by atoms with Crippen LogP contribution in [0.25, 0.3) is 0 Å². The van der Waals surface area contributed by atoms with Crippen LogP contribution in [0.2, 0.25) is 0 Å². The van der Waals surface area contributed by atoms with Crippen molar-refractivity contribution in [2.75, 3.05) is 26.4 Å². The average Bonchev–Trinajstić information content (AvgIpc) is 2.54. The van der Waals surface area contributed by atoms with E-state index in [9.17, 15) is 4.79 Å². The Morgan fingerprint density at radius 1 is 1.24 bits per heavy atom. The van der Waals surface area contributed by atoms with E-state index >= 15 is 0 Å². The van der Waals surface area contributed by atoms with Gasteiger partial charge in [-0.3, -0.25) is 4.79 Å². The normalized spacial score (nSPS) is 15.6. The van der Waals surface area contributed by atoms with Gasteiger partial charge in [0.2, 0.25) is 5.91 Å². The summed E-state index contributed by atoms with van der Waals surface area (Å²) >= 11 is 0. The largest absolute Gasteiger partial charge is 0.494 e. The van der Waals surface area contributed by atoms with Gasteiger partial charge in [0.1, 0.15) is 5.75 Å². The topological polar surface area (TPSA) is 47.6 Å². The van der Waals surface area contributed by atoms with Crippen molar-refractivity contribution in [2.24, 2.45) is 5.92 Å². The second-order valence-corrected chi connectivity index (χ2v) is 5.46. The Morgan fingerprint density at radius 2 is 2.00 bits per heavy atom. The summed E-state index contributed by atoms with van der Waals surface area (Å²) in [5.41, 5.74) is 0. The SMILES string of the molecule is O=C(CCCOc1ccccc1)NCCC1CCOCC1. The number of carbonyl (C=O) groups excluding carboxylic acids is 1. The molecule has 21 heavy (non-hydrogen) atoms. The molecule has 1 aromatic rings. The van der Waals surface area contributed by atoms with E-state index in [1.807, 2.05) is 30.3 Å². The summed E-state index contributed by atoms with van der Waals surface area (Å²) in [6.45, 7) is 3.10. The molecular weight excluding hydrogens is 266 g/mol. The Labute approximate surface area is 126 Å². The Morgan fingerprint density at radius 3 is 2.76 bits per heavy atom. The van der Waals surface area contributed by atoms with Crippen molar-refractivity contribution in [1.29, 1.82) is 0 Å². The molecule has 1 aliphatic rings. The first kappa shape index (κ1) is 15.8. The Kier molecular flexibility index (Phi) is 7.08. The highest BCUT2D eigenvalue weighted by atomic mass is 16.5. The number of nitrogens with one attached hydrogen (secondary N) is 1. The molecule has 1 heterocycles. The smallest absolute Gasteiger partial charge is 0.220 e. The highest BCUT2D eigenvalue weighted by Crippen LogP contribution is 2.17. The van der Waals surface area contributed by atoms with Crippen LogP contribution in [-0.4, -0.2) is 32.3 Å². The summed E-state index contributed by atoms with van der Waals surface area (Å²) in [4.78, 5) is 11.7. The van der Waals surface area contributed by atoms with Crippen molar-refractivity contribution < 1.29 is 14.3 Å². The molecule has 0 atom stereocenters. The Bertz CT molecular complexity index is 402. The molecule has 1 amide bonds. The molecule has 0 aromatic heterocycles. The molecule has 1 aliphatic heterocycles. The zero-order valence-electron chi connectivity index (χ0n) is 12.6. The monoisotopic (exact) mass is 291 g/mol. The van der Waals surface area contributed by atoms with Crippen molar-refractivity contribution in [1.82, 2.24) is 5.32 Å². The molecule has 0 unspecified atom stereocenters. The minimum atomic E-state index is 0.124. The number of benzene rings is 1. The highest BCUT2D eigenvalue weighted by Gasteiger charge is 2.13. The highest BCUT2D eigenvalue weighted by molar-refractivity contribution is 5.75. The summed E-state index contributed by atoms with van der Waals surface area (Å²) in [6.07, 6.45) is 4.59. The number of carbonyl (C=O) groups is 1. The third-order valence-electron chi connectivity index (χ3n) is 3.78. The standard InChI is InChI=1S/C17H25NO3/c19-17(18-11-8-15-9-13-20-14-10-15)7-4-12-21-16-5-2-1-3-6-16/h1-3,5-6,15H,4,7-14H2,(H,18,19). The van der Waals surface area contributed by atoms with Crippen LogP contribution in [0.15, 0.2) is 30.3 Å². The third-order valence-corrected chi connectivity index (χ3v) is 3.78. The van der Waals surface area contributed by atoms with E-state index in [-0.39, 0.29) is 5.91 Å². The maximum absolute atomic E-state index is 11.7. The van der Waals surface area contributed by atoms with Crippen LogP contribution in [0.4, 0.5) is 0 Å². The molecule has 4 heteroatoms. The number of rotatable bonds is 8. The maximum atomic E-state index is 11.7. The molecule has 1 saturated heterocycles. The molecule has 0 radical (unpaired) electrons. The van der Waals surface area contributed by atoms with Crippen LogP contribution in [0, 0.1) is 5.92 Å². The lowest BCUT2D eigenvalue weighted by Crippen LogP contribution is -2.27. The van der Waals surface area contributed by atoms with Crippen molar-refractivity contribution in [3.63, 3.8) is 0 Å². The molecule has 116 valence electrons. The van der Waals surface area contributed by atoms with Gasteiger partial charge in [-0.25, -0.2) is 0 Å². The van der Waals surface area contributed by atoms with Crippen LogP contribution in [0.3, 0.4) is 0 Å². The minimum absolute atomic E-state index is 0.124. The van der Waals surface area contributed by atoms with E-state index in [1.165, 1.54) is 0 Å². The average molecular weight is 291 g/mol. The zero-order valence-corrected chi connectivity index (χ0v) is 12.6. The van der Waals surface area contributed by atoms with Crippen LogP contribution >= 0.6 is 0 Å². The third kappa shape index (κ3) is 6.63. The molecule has 4 nitrogen and oxygen atoms in total. The number of amides is 1. The van der Waals surface area contributed by atoms with Crippen molar-refractivity contribution in [3.05, 3.63) is 30.3 Å². The number of para-hydroxylation sites is 1. The van der Waals surface area contributed by atoms with Gasteiger partial charge in [-0.15, -0.1) is 0 Å². The van der Waals surface area contributed by atoms with Gasteiger partial charge in [0.05, 0.1) is 6.61 Å². The van der Waals surface area contributed by atoms with Crippen LogP contribution in [-0.2, 0) is 9.53 Å². The van der Waals surface area contributed by atoms with E-state index in [1.54, 1.807) is 0 Å². The predicted molar refractivity (Wildman–Crippen MR) is 82.3 cm³/mol. The molecule has 0 spiro atoms. The van der Waals surface area contributed by atoms with Gasteiger partial charge in [-0.2, -0.15) is 0 Å². The molecule has 0 aliphatic carbocycles. The summed E-state index contributed by atoms with van der Waals surface area (Å²) in [5, 5.41) is 2.99. The second-order valence-electron chi connectivity index (χ2n) is 5.46. The summed E-state index contributed by atoms with van der Waals surface area (Å²) in [6, 6.07) is 9.69. The van der Waals surface area contributed by atoms with Gasteiger partial charge < -0.3 is 14.8 Å². The van der Waals surface area contributed by atoms with Gasteiger partial charge in [-0.05, 0) is 43.7 Å². The number of ether oxygens (including phenoxy) is 2. The zero-order chi connectivity index (χ0) is 14.8. The fourth-order valence-electron chi connectivity index (χ4n) is 2.48. The van der Waals surface area contributed by atoms with Gasteiger partial charge in [0.15, 0.2) is 0 Å². The van der Waals surface area contributed by atoms with Crippen LogP contribution in [0.1, 0.15) is 32.1 Å². The van der Waals surface area contributed by atoms with Gasteiger partial charge in [0.25, 0.3) is 0 Å². The molecule has 0 saturated carbocycles. The lowest BCUT2D eigenvalue weighted by atomic mass is 9.97. The van der Waals surface area contributed by atoms with Gasteiger partial charge in [-0.1, -0.05) is 18.2 Å². The van der Waals surface area contributed by atoms with Crippen molar-refractivity contribution in [2.45, 2.75) is 32.1 Å². The van der Waals surface area contributed by atoms with Gasteiger partial charge in [0, 0.05) is 26.2 Å². The predicted octanol–water partition coefficient (Wildman–Crippen LogP) is 2.78. The molecule has 1 N–H and O–H groups in total. The van der Waals surface area contributed by atoms with Crippen molar-refractivity contribution >= 4 is 5.91 Å². The van der Waals surface area contributed by atoms with Crippen molar-refractivity contribution in [3.8, 4) is 5.75 Å². The molecule has 1 aromatic carbocycles. The Hall–Kier alpha value is -1.55. The van der Waals surface area contributed by atoms with Crippen LogP contribution < -0.4 is 10.1 Å². The first-order valence-corrected chi connectivity index (χ1v) is 7.87. The number of hydrogen-bond acceptors (Lipinski definition) is 3.